The van der Waals surface area contributed by atoms with Gasteiger partial charge in [0.05, 0.1) is 0 Å². The van der Waals surface area contributed by atoms with Crippen LogP contribution in [0.3, 0.4) is 0 Å². The second-order valence-electron chi connectivity index (χ2n) is 5.31. The maximum atomic E-state index is 11.8. The van der Waals surface area contributed by atoms with Crippen LogP contribution in [0.25, 0.3) is 0 Å². The molecule has 5 heteroatoms. The minimum atomic E-state index is -0.442. The Kier molecular flexibility index (Phi) is 4.26. The van der Waals surface area contributed by atoms with E-state index in [1.165, 1.54) is 4.68 Å². The Morgan fingerprint density at radius 1 is 1.41 bits per heavy atom. The molecule has 17 heavy (non-hydrogen) atoms. The summed E-state index contributed by atoms with van der Waals surface area (Å²) in [7, 11) is 0. The number of carbonyl (C=O) groups is 1. The predicted octanol–water partition coefficient (Wildman–Crippen LogP) is 1.53. The quantitative estimate of drug-likeness (QED) is 0.847. The lowest BCUT2D eigenvalue weighted by atomic mass is 9.91. The molecule has 1 aromatic heterocycles. The molecular formula is C12H21N3O2. The third kappa shape index (κ3) is 3.84. The summed E-state index contributed by atoms with van der Waals surface area (Å²) in [5, 5.41) is 4.13. The lowest BCUT2D eigenvalue weighted by Gasteiger charge is -2.15. The number of nitrogens with zero attached hydrogens (tertiary/aromatic N) is 2. The molecule has 0 bridgehead atoms. The Morgan fingerprint density at radius 3 is 2.59 bits per heavy atom. The van der Waals surface area contributed by atoms with Crippen LogP contribution in [-0.2, 0) is 17.8 Å². The molecule has 0 aliphatic heterocycles. The number of aromatic amines is 1. The highest BCUT2D eigenvalue weighted by Crippen LogP contribution is 2.14. The number of hydrogen-bond donors (Lipinski definition) is 1. The van der Waals surface area contributed by atoms with Crippen LogP contribution in [0.15, 0.2) is 4.79 Å². The fraction of sp³-hybridized carbons (Fsp3) is 0.750. The van der Waals surface area contributed by atoms with Gasteiger partial charge >= 0.3 is 5.69 Å². The van der Waals surface area contributed by atoms with Crippen LogP contribution >= 0.6 is 0 Å². The van der Waals surface area contributed by atoms with Crippen molar-refractivity contribution in [1.82, 2.24) is 14.8 Å². The largest absolute Gasteiger partial charge is 0.343 e. The lowest BCUT2D eigenvalue weighted by molar-refractivity contribution is -0.127. The van der Waals surface area contributed by atoms with Crippen molar-refractivity contribution in [3.63, 3.8) is 0 Å². The second kappa shape index (κ2) is 5.29. The average Bonchev–Trinajstić information content (AvgIpc) is 2.55. The molecule has 0 saturated carbocycles. The van der Waals surface area contributed by atoms with Crippen LogP contribution in [0.2, 0.25) is 0 Å². The van der Waals surface area contributed by atoms with Crippen molar-refractivity contribution >= 4 is 5.78 Å². The van der Waals surface area contributed by atoms with Gasteiger partial charge in [-0.1, -0.05) is 34.1 Å². The molecule has 5 nitrogen and oxygen atoms in total. The van der Waals surface area contributed by atoms with Gasteiger partial charge in [-0.2, -0.15) is 5.10 Å². The van der Waals surface area contributed by atoms with Crippen LogP contribution in [-0.4, -0.2) is 20.5 Å². The Morgan fingerprint density at radius 2 is 2.06 bits per heavy atom. The van der Waals surface area contributed by atoms with Crippen LogP contribution in [0.5, 0.6) is 0 Å². The zero-order valence-electron chi connectivity index (χ0n) is 11.0. The smallest absolute Gasteiger partial charge is 0.297 e. The van der Waals surface area contributed by atoms with Crippen molar-refractivity contribution in [3.8, 4) is 0 Å². The zero-order chi connectivity index (χ0) is 13.1. The highest BCUT2D eigenvalue weighted by Gasteiger charge is 2.22. The molecule has 96 valence electrons. The molecule has 0 atom stereocenters. The van der Waals surface area contributed by atoms with Crippen molar-refractivity contribution in [2.45, 2.75) is 53.5 Å². The van der Waals surface area contributed by atoms with E-state index in [2.05, 4.69) is 17.0 Å². The van der Waals surface area contributed by atoms with Crippen LogP contribution in [0.1, 0.15) is 46.4 Å². The van der Waals surface area contributed by atoms with Gasteiger partial charge in [-0.25, -0.2) is 9.48 Å². The molecule has 1 rings (SSSR count). The van der Waals surface area contributed by atoms with Crippen LogP contribution < -0.4 is 5.69 Å². The van der Waals surface area contributed by atoms with Gasteiger partial charge in [0.1, 0.15) is 12.4 Å². The number of unbranched alkanes of at least 4 members (excludes halogenated alkanes) is 1. The number of nitrogens with one attached hydrogen (secondary N) is 1. The van der Waals surface area contributed by atoms with E-state index in [1.54, 1.807) is 0 Å². The number of carbonyl (C=O) groups excluding carboxylic acids is 1. The molecule has 0 fully saturated rings. The average molecular weight is 239 g/mol. The van der Waals surface area contributed by atoms with Crippen molar-refractivity contribution in [3.05, 3.63) is 16.3 Å². The maximum Gasteiger partial charge on any atom is 0.343 e. The summed E-state index contributed by atoms with van der Waals surface area (Å²) in [5.74, 6) is 0.673. The minimum absolute atomic E-state index is 0.00754. The number of H-pyrrole nitrogens is 1. The van der Waals surface area contributed by atoms with E-state index < -0.39 is 5.41 Å². The fourth-order valence-corrected chi connectivity index (χ4v) is 1.34. The molecule has 0 aliphatic rings. The third-order valence-electron chi connectivity index (χ3n) is 2.62. The number of hydrogen-bond acceptors (Lipinski definition) is 3. The van der Waals surface area contributed by atoms with Gasteiger partial charge in [-0.3, -0.25) is 9.78 Å². The highest BCUT2D eigenvalue weighted by atomic mass is 16.2. The van der Waals surface area contributed by atoms with Gasteiger partial charge in [0.2, 0.25) is 0 Å². The summed E-state index contributed by atoms with van der Waals surface area (Å²) in [6, 6.07) is 0. The summed E-state index contributed by atoms with van der Waals surface area (Å²) >= 11 is 0. The molecular weight excluding hydrogens is 218 g/mol. The number of rotatable bonds is 5. The number of aromatic nitrogens is 3. The maximum absolute atomic E-state index is 11.8. The molecule has 0 spiro atoms. The van der Waals surface area contributed by atoms with Crippen molar-refractivity contribution in [2.75, 3.05) is 0 Å². The van der Waals surface area contributed by atoms with E-state index in [-0.39, 0.29) is 18.0 Å². The topological polar surface area (TPSA) is 67.8 Å². The molecule has 1 N–H and O–H groups in total. The first-order chi connectivity index (χ1) is 7.84. The lowest BCUT2D eigenvalue weighted by Crippen LogP contribution is -2.30. The molecule has 0 unspecified atom stereocenters. The van der Waals surface area contributed by atoms with Crippen molar-refractivity contribution in [1.29, 1.82) is 0 Å². The van der Waals surface area contributed by atoms with Gasteiger partial charge in [0.25, 0.3) is 0 Å². The van der Waals surface area contributed by atoms with E-state index in [0.717, 1.165) is 19.3 Å². The summed E-state index contributed by atoms with van der Waals surface area (Å²) in [4.78, 5) is 26.0. The Bertz CT molecular complexity index is 437. The Balaban J connectivity index is 2.76. The van der Waals surface area contributed by atoms with E-state index in [0.29, 0.717) is 5.82 Å². The normalized spacial score (nSPS) is 11.8. The first-order valence-electron chi connectivity index (χ1n) is 6.04. The van der Waals surface area contributed by atoms with Crippen molar-refractivity contribution < 1.29 is 4.79 Å². The number of ketones is 1. The van der Waals surface area contributed by atoms with Crippen molar-refractivity contribution in [2.24, 2.45) is 5.41 Å². The SMILES string of the molecule is CCCCc1nn(CC(=O)C(C)(C)C)c(=O)[nH]1. The Hall–Kier alpha value is -1.39. The van der Waals surface area contributed by atoms with E-state index in [1.807, 2.05) is 20.8 Å². The molecule has 0 aromatic carbocycles. The van der Waals surface area contributed by atoms with Gasteiger partial charge in [-0.05, 0) is 6.42 Å². The highest BCUT2D eigenvalue weighted by molar-refractivity contribution is 5.83. The standard InChI is InChI=1S/C12H21N3O2/c1-5-6-7-10-13-11(17)15(14-10)8-9(16)12(2,3)4/h5-8H2,1-4H3,(H,13,14,17). The molecule has 1 heterocycles. The number of aryl methyl sites for hydroxylation is 1. The van der Waals surface area contributed by atoms with Gasteiger partial charge in [0.15, 0.2) is 5.78 Å². The van der Waals surface area contributed by atoms with E-state index in [9.17, 15) is 9.59 Å². The summed E-state index contributed by atoms with van der Waals surface area (Å²) in [6.45, 7) is 7.64. The van der Waals surface area contributed by atoms with E-state index >= 15 is 0 Å². The van der Waals surface area contributed by atoms with Crippen LogP contribution in [0.4, 0.5) is 0 Å². The third-order valence-corrected chi connectivity index (χ3v) is 2.62. The monoisotopic (exact) mass is 239 g/mol. The van der Waals surface area contributed by atoms with Gasteiger partial charge in [0, 0.05) is 11.8 Å². The molecule has 0 amide bonds. The molecule has 0 aliphatic carbocycles. The van der Waals surface area contributed by atoms with E-state index in [4.69, 9.17) is 0 Å². The first-order valence-corrected chi connectivity index (χ1v) is 6.04. The molecule has 0 radical (unpaired) electrons. The minimum Gasteiger partial charge on any atom is -0.297 e. The fourth-order valence-electron chi connectivity index (χ4n) is 1.34. The first kappa shape index (κ1) is 13.7. The molecule has 0 saturated heterocycles. The van der Waals surface area contributed by atoms with Gasteiger partial charge < -0.3 is 0 Å². The van der Waals surface area contributed by atoms with Crippen LogP contribution in [0, 0.1) is 5.41 Å². The second-order valence-corrected chi connectivity index (χ2v) is 5.31. The number of Topliss-reactive ketones (excluding diaryl/α,β-unsaturated/α-hetero) is 1. The summed E-state index contributed by atoms with van der Waals surface area (Å²) in [5.41, 5.74) is -0.740. The molecule has 1 aromatic rings. The zero-order valence-corrected chi connectivity index (χ0v) is 11.0. The van der Waals surface area contributed by atoms with Gasteiger partial charge in [-0.15, -0.1) is 0 Å². The Labute approximate surface area is 101 Å². The predicted molar refractivity (Wildman–Crippen MR) is 65.9 cm³/mol. The summed E-state index contributed by atoms with van der Waals surface area (Å²) < 4.78 is 1.22. The summed E-state index contributed by atoms with van der Waals surface area (Å²) in [6.07, 6.45) is 2.79.